The molecular weight excluding hydrogens is 286 g/mol. The molecule has 3 N–H and O–H groups in total. The molecule has 0 aliphatic heterocycles. The summed E-state index contributed by atoms with van der Waals surface area (Å²) < 4.78 is 0. The van der Waals surface area contributed by atoms with Gasteiger partial charge in [0.2, 0.25) is 0 Å². The van der Waals surface area contributed by atoms with E-state index in [9.17, 15) is 9.90 Å². The van der Waals surface area contributed by atoms with Crippen molar-refractivity contribution in [3.8, 4) is 10.6 Å². The number of aliphatic hydroxyl groups excluding tert-OH is 1. The summed E-state index contributed by atoms with van der Waals surface area (Å²) in [5, 5.41) is 17.7. The number of carbonyl (C=O) groups excluding carboxylic acids is 1. The van der Waals surface area contributed by atoms with Crippen LogP contribution in [0, 0.1) is 0 Å². The van der Waals surface area contributed by atoms with Crippen molar-refractivity contribution in [2.45, 2.75) is 25.8 Å². The van der Waals surface area contributed by atoms with Gasteiger partial charge in [0, 0.05) is 22.8 Å². The van der Waals surface area contributed by atoms with E-state index in [0.29, 0.717) is 12.1 Å². The second-order valence-electron chi connectivity index (χ2n) is 5.07. The van der Waals surface area contributed by atoms with E-state index >= 15 is 0 Å². The monoisotopic (exact) mass is 305 g/mol. The maximum atomic E-state index is 12.0. The van der Waals surface area contributed by atoms with Gasteiger partial charge in [0.1, 0.15) is 5.01 Å². The number of nitrogens with one attached hydrogen (secondary N) is 2. The SMILES string of the molecule is CCC(C)(CO)NC(=O)Nc1cccc(-c2nccs2)c1. The van der Waals surface area contributed by atoms with Gasteiger partial charge in [0.25, 0.3) is 0 Å². The number of hydrogen-bond donors (Lipinski definition) is 3. The Morgan fingerprint density at radius 2 is 2.29 bits per heavy atom. The highest BCUT2D eigenvalue weighted by Gasteiger charge is 2.23. The third-order valence-electron chi connectivity index (χ3n) is 3.34. The second kappa shape index (κ2) is 6.69. The molecule has 1 heterocycles. The van der Waals surface area contributed by atoms with Crippen molar-refractivity contribution in [2.24, 2.45) is 0 Å². The van der Waals surface area contributed by atoms with Crippen molar-refractivity contribution in [3.05, 3.63) is 35.8 Å². The van der Waals surface area contributed by atoms with Crippen molar-refractivity contribution in [1.29, 1.82) is 0 Å². The Balaban J connectivity index is 2.06. The lowest BCUT2D eigenvalue weighted by atomic mass is 10.0. The maximum absolute atomic E-state index is 12.0. The number of benzene rings is 1. The smallest absolute Gasteiger partial charge is 0.319 e. The number of amides is 2. The molecule has 0 fully saturated rings. The fourth-order valence-electron chi connectivity index (χ4n) is 1.77. The fourth-order valence-corrected chi connectivity index (χ4v) is 2.41. The summed E-state index contributed by atoms with van der Waals surface area (Å²) in [5.41, 5.74) is 1.04. The Labute approximate surface area is 128 Å². The molecule has 0 aliphatic carbocycles. The third kappa shape index (κ3) is 4.03. The lowest BCUT2D eigenvalue weighted by molar-refractivity contribution is 0.172. The number of anilines is 1. The molecule has 1 unspecified atom stereocenters. The number of aromatic nitrogens is 1. The number of thiazole rings is 1. The first-order chi connectivity index (χ1) is 10.1. The minimum Gasteiger partial charge on any atom is -0.394 e. The lowest BCUT2D eigenvalue weighted by Gasteiger charge is -2.27. The van der Waals surface area contributed by atoms with Gasteiger partial charge in [0.05, 0.1) is 12.1 Å². The summed E-state index contributed by atoms with van der Waals surface area (Å²) in [6.07, 6.45) is 2.40. The van der Waals surface area contributed by atoms with E-state index in [-0.39, 0.29) is 12.6 Å². The van der Waals surface area contributed by atoms with Gasteiger partial charge in [-0.3, -0.25) is 0 Å². The molecular formula is C15H19N3O2S. The summed E-state index contributed by atoms with van der Waals surface area (Å²) in [5.74, 6) is 0. The first kappa shape index (κ1) is 15.5. The normalized spacial score (nSPS) is 13.5. The molecule has 0 radical (unpaired) electrons. The highest BCUT2D eigenvalue weighted by atomic mass is 32.1. The minimum absolute atomic E-state index is 0.101. The molecule has 5 nitrogen and oxygen atoms in total. The average Bonchev–Trinajstić information content (AvgIpc) is 3.01. The number of nitrogens with zero attached hydrogens (tertiary/aromatic N) is 1. The van der Waals surface area contributed by atoms with Gasteiger partial charge in [-0.2, -0.15) is 0 Å². The zero-order valence-electron chi connectivity index (χ0n) is 12.1. The molecule has 1 atom stereocenters. The standard InChI is InChI=1S/C15H19N3O2S/c1-3-15(2,10-19)18-14(20)17-12-6-4-5-11(9-12)13-16-7-8-21-13/h4-9,19H,3,10H2,1-2H3,(H2,17,18,20). The zero-order chi connectivity index (χ0) is 15.3. The summed E-state index contributed by atoms with van der Waals surface area (Å²) >= 11 is 1.55. The number of urea groups is 1. The first-order valence-electron chi connectivity index (χ1n) is 6.76. The average molecular weight is 305 g/mol. The van der Waals surface area contributed by atoms with Gasteiger partial charge in [-0.25, -0.2) is 9.78 Å². The molecule has 6 heteroatoms. The van der Waals surface area contributed by atoms with Gasteiger partial charge in [-0.15, -0.1) is 11.3 Å². The van der Waals surface area contributed by atoms with Crippen molar-refractivity contribution < 1.29 is 9.90 Å². The van der Waals surface area contributed by atoms with Gasteiger partial charge in [-0.05, 0) is 25.5 Å². The van der Waals surface area contributed by atoms with Crippen LogP contribution in [0.2, 0.25) is 0 Å². The fraction of sp³-hybridized carbons (Fsp3) is 0.333. The number of hydrogen-bond acceptors (Lipinski definition) is 4. The summed E-state index contributed by atoms with van der Waals surface area (Å²) in [4.78, 5) is 16.2. The molecule has 0 aliphatic rings. The summed E-state index contributed by atoms with van der Waals surface area (Å²) in [7, 11) is 0. The van der Waals surface area contributed by atoms with Crippen molar-refractivity contribution in [2.75, 3.05) is 11.9 Å². The van der Waals surface area contributed by atoms with Crippen LogP contribution >= 0.6 is 11.3 Å². The predicted octanol–water partition coefficient (Wildman–Crippen LogP) is 3.09. The van der Waals surface area contributed by atoms with E-state index in [1.54, 1.807) is 24.5 Å². The largest absolute Gasteiger partial charge is 0.394 e. The molecule has 112 valence electrons. The molecule has 2 rings (SSSR count). The van der Waals surface area contributed by atoms with Gasteiger partial charge >= 0.3 is 6.03 Å². The minimum atomic E-state index is -0.614. The van der Waals surface area contributed by atoms with Crippen molar-refractivity contribution >= 4 is 23.1 Å². The van der Waals surface area contributed by atoms with Gasteiger partial charge < -0.3 is 15.7 Å². The van der Waals surface area contributed by atoms with E-state index in [2.05, 4.69) is 15.6 Å². The molecule has 0 bridgehead atoms. The summed E-state index contributed by atoms with van der Waals surface area (Å²) in [6, 6.07) is 7.19. The van der Waals surface area contributed by atoms with Crippen molar-refractivity contribution in [3.63, 3.8) is 0 Å². The van der Waals surface area contributed by atoms with Gasteiger partial charge in [-0.1, -0.05) is 19.1 Å². The molecule has 1 aromatic carbocycles. The van der Waals surface area contributed by atoms with Crippen LogP contribution in [0.15, 0.2) is 35.8 Å². The Hall–Kier alpha value is -1.92. The van der Waals surface area contributed by atoms with Crippen LogP contribution in [0.1, 0.15) is 20.3 Å². The first-order valence-corrected chi connectivity index (χ1v) is 7.64. The van der Waals surface area contributed by atoms with E-state index < -0.39 is 5.54 Å². The molecule has 0 saturated heterocycles. The Bertz CT molecular complexity index is 595. The Morgan fingerprint density at radius 3 is 2.90 bits per heavy atom. The molecule has 2 aromatic rings. The molecule has 0 spiro atoms. The van der Waals surface area contributed by atoms with Crippen LogP contribution in [-0.2, 0) is 0 Å². The van der Waals surface area contributed by atoms with Crippen LogP contribution in [0.3, 0.4) is 0 Å². The molecule has 2 amide bonds. The van der Waals surface area contributed by atoms with Crippen LogP contribution in [0.4, 0.5) is 10.5 Å². The zero-order valence-corrected chi connectivity index (χ0v) is 12.9. The van der Waals surface area contributed by atoms with Crippen LogP contribution < -0.4 is 10.6 Å². The quantitative estimate of drug-likeness (QED) is 0.794. The van der Waals surface area contributed by atoms with E-state index in [1.165, 1.54) is 0 Å². The predicted molar refractivity (Wildman–Crippen MR) is 85.5 cm³/mol. The van der Waals surface area contributed by atoms with Crippen LogP contribution in [-0.4, -0.2) is 28.3 Å². The highest BCUT2D eigenvalue weighted by Crippen LogP contribution is 2.24. The van der Waals surface area contributed by atoms with Gasteiger partial charge in [0.15, 0.2) is 0 Å². The van der Waals surface area contributed by atoms with E-state index in [4.69, 9.17) is 0 Å². The van der Waals surface area contributed by atoms with Crippen LogP contribution in [0.25, 0.3) is 10.6 Å². The molecule has 21 heavy (non-hydrogen) atoms. The number of aliphatic hydroxyl groups is 1. The van der Waals surface area contributed by atoms with E-state index in [1.807, 2.05) is 36.6 Å². The van der Waals surface area contributed by atoms with Crippen molar-refractivity contribution in [1.82, 2.24) is 10.3 Å². The Morgan fingerprint density at radius 1 is 1.48 bits per heavy atom. The number of carbonyl (C=O) groups is 1. The summed E-state index contributed by atoms with van der Waals surface area (Å²) in [6.45, 7) is 3.62. The maximum Gasteiger partial charge on any atom is 0.319 e. The lowest BCUT2D eigenvalue weighted by Crippen LogP contribution is -2.50. The second-order valence-corrected chi connectivity index (χ2v) is 5.96. The molecule has 0 saturated carbocycles. The Kier molecular flexibility index (Phi) is 4.93. The van der Waals surface area contributed by atoms with Crippen LogP contribution in [0.5, 0.6) is 0 Å². The third-order valence-corrected chi connectivity index (χ3v) is 4.17. The number of rotatable bonds is 5. The topological polar surface area (TPSA) is 74.2 Å². The molecule has 1 aromatic heterocycles. The van der Waals surface area contributed by atoms with E-state index in [0.717, 1.165) is 10.6 Å². The highest BCUT2D eigenvalue weighted by molar-refractivity contribution is 7.13.